The van der Waals surface area contributed by atoms with Crippen LogP contribution in [0.5, 0.6) is 0 Å². The quantitative estimate of drug-likeness (QED) is 0.191. The van der Waals surface area contributed by atoms with Crippen molar-refractivity contribution in [3.63, 3.8) is 0 Å². The van der Waals surface area contributed by atoms with Crippen LogP contribution in [0.15, 0.2) is 79.3 Å². The normalized spacial score (nSPS) is 18.5. The molecule has 14 heteroatoms. The van der Waals surface area contributed by atoms with E-state index in [0.717, 1.165) is 18.6 Å². The first kappa shape index (κ1) is 38.6. The largest absolute Gasteiger partial charge is 0.378 e. The number of Topliss-reactive ketones (excluding diaryl/α,β-unsaturated/α-hetero) is 1. The number of methoxy groups -OCH3 is 1. The summed E-state index contributed by atoms with van der Waals surface area (Å²) in [5.74, 6) is -3.71. The first-order chi connectivity index (χ1) is 24.8. The van der Waals surface area contributed by atoms with Crippen LogP contribution in [-0.2, 0) is 19.1 Å². The number of nitrogens with two attached hydrogens (primary N) is 1. The number of carbonyl (C=O) groups is 3. The maximum absolute atomic E-state index is 14.6. The van der Waals surface area contributed by atoms with E-state index in [4.69, 9.17) is 15.2 Å². The van der Waals surface area contributed by atoms with Crippen LogP contribution in [0.1, 0.15) is 55.1 Å². The molecule has 2 aliphatic rings. The number of hydrogen-bond acceptors (Lipinski definition) is 8. The minimum absolute atomic E-state index is 0.0707. The Morgan fingerprint density at radius 2 is 1.77 bits per heavy atom. The van der Waals surface area contributed by atoms with Crippen LogP contribution in [0.25, 0.3) is 0 Å². The zero-order chi connectivity index (χ0) is 37.4. The molecular formula is C38H45F3N6O5. The second-order valence-corrected chi connectivity index (χ2v) is 13.7. The molecule has 1 aliphatic carbocycles. The van der Waals surface area contributed by atoms with Crippen LogP contribution in [0, 0.1) is 29.3 Å². The van der Waals surface area contributed by atoms with Gasteiger partial charge in [0.2, 0.25) is 5.91 Å². The van der Waals surface area contributed by atoms with E-state index in [1.54, 1.807) is 4.57 Å². The van der Waals surface area contributed by atoms with E-state index in [2.05, 4.69) is 15.6 Å². The molecule has 52 heavy (non-hydrogen) atoms. The van der Waals surface area contributed by atoms with Crippen molar-refractivity contribution >= 4 is 23.4 Å². The Hall–Kier alpha value is -4.63. The molecule has 5 rings (SSSR count). The Morgan fingerprint density at radius 1 is 1.04 bits per heavy atom. The highest BCUT2D eigenvalue weighted by Gasteiger charge is 2.36. The van der Waals surface area contributed by atoms with Crippen molar-refractivity contribution in [3.8, 4) is 0 Å². The fourth-order valence-corrected chi connectivity index (χ4v) is 6.31. The summed E-state index contributed by atoms with van der Waals surface area (Å²) in [7, 11) is 1.50. The number of ketones is 1. The summed E-state index contributed by atoms with van der Waals surface area (Å²) in [5, 5.41) is 5.39. The van der Waals surface area contributed by atoms with Gasteiger partial charge in [0.25, 0.3) is 5.91 Å². The van der Waals surface area contributed by atoms with Crippen LogP contribution in [-0.4, -0.2) is 83.3 Å². The van der Waals surface area contributed by atoms with Gasteiger partial charge in [-0.1, -0.05) is 30.4 Å². The molecule has 0 saturated carbocycles. The maximum atomic E-state index is 14.6. The van der Waals surface area contributed by atoms with Gasteiger partial charge in [-0.2, -0.15) is 0 Å². The monoisotopic (exact) mass is 722 g/mol. The van der Waals surface area contributed by atoms with E-state index in [0.29, 0.717) is 43.7 Å². The zero-order valence-corrected chi connectivity index (χ0v) is 29.4. The number of carbonyl (C=O) groups excluding carboxylic acids is 3. The number of halogens is 3. The van der Waals surface area contributed by atoms with Crippen molar-refractivity contribution in [2.45, 2.75) is 57.0 Å². The molecule has 2 heterocycles. The van der Waals surface area contributed by atoms with Crippen molar-refractivity contribution in [2.24, 2.45) is 17.6 Å². The molecule has 11 nitrogen and oxygen atoms in total. The fourth-order valence-electron chi connectivity index (χ4n) is 6.31. The number of anilines is 1. The predicted octanol–water partition coefficient (Wildman–Crippen LogP) is 4.77. The van der Waals surface area contributed by atoms with Crippen molar-refractivity contribution < 1.29 is 37.0 Å². The summed E-state index contributed by atoms with van der Waals surface area (Å²) in [4.78, 5) is 45.8. The van der Waals surface area contributed by atoms with Gasteiger partial charge in [0, 0.05) is 43.8 Å². The van der Waals surface area contributed by atoms with Crippen LogP contribution in [0.4, 0.5) is 19.0 Å². The highest BCUT2D eigenvalue weighted by molar-refractivity contribution is 5.98. The molecule has 1 aliphatic heterocycles. The summed E-state index contributed by atoms with van der Waals surface area (Å²) in [6.07, 6.45) is 11.9. The third-order valence-electron chi connectivity index (χ3n) is 9.25. The smallest absolute Gasteiger partial charge is 0.250 e. The highest BCUT2D eigenvalue weighted by atomic mass is 19.2. The van der Waals surface area contributed by atoms with Crippen molar-refractivity contribution in [3.05, 3.63) is 108 Å². The van der Waals surface area contributed by atoms with Crippen molar-refractivity contribution in [1.82, 2.24) is 19.8 Å². The summed E-state index contributed by atoms with van der Waals surface area (Å²) in [6, 6.07) is 7.18. The standard InChI is InChI=1S/C38H45F3N6O5/c1-38(2,42)37(50)44-31(22-52-21-24-7-5-4-6-8-24)35(49)45-32-20-47(23-43-32)33(27-11-14-29(40)30(41)19-27)36(51-3)46-17-15-26(16-18-46)34(48)25-9-12-28(39)13-10-25/h4-7,9-14,19-20,23-24,26,31,33,36H,8,15-18,21-22,42H2,1-3H3,(H,44,50)(H,45,49)/t24?,31-,33?,36?/m1/s1. The number of rotatable bonds is 15. The molecular weight excluding hydrogens is 677 g/mol. The summed E-state index contributed by atoms with van der Waals surface area (Å²) in [6.45, 7) is 4.16. The lowest BCUT2D eigenvalue weighted by atomic mass is 9.88. The molecule has 3 aromatic rings. The molecule has 4 N–H and O–H groups in total. The van der Waals surface area contributed by atoms with E-state index in [1.807, 2.05) is 29.2 Å². The SMILES string of the molecule is COC(C(c1ccc(F)c(F)c1)n1cnc(NC(=O)[C@@H](COCC2C=CC=CC2)NC(=O)C(C)(C)N)c1)N1CCC(C(=O)c2ccc(F)cc2)CC1. The second-order valence-electron chi connectivity index (χ2n) is 13.7. The summed E-state index contributed by atoms with van der Waals surface area (Å²) in [5.41, 5.74) is 5.54. The third-order valence-corrected chi connectivity index (χ3v) is 9.25. The molecule has 3 unspecified atom stereocenters. The van der Waals surface area contributed by atoms with Crippen LogP contribution in [0.3, 0.4) is 0 Å². The van der Waals surface area contributed by atoms with Crippen LogP contribution in [0.2, 0.25) is 0 Å². The Morgan fingerprint density at radius 3 is 2.40 bits per heavy atom. The number of nitrogens with one attached hydrogen (secondary N) is 2. The summed E-state index contributed by atoms with van der Waals surface area (Å²) >= 11 is 0. The molecule has 4 atom stereocenters. The minimum Gasteiger partial charge on any atom is -0.378 e. The Bertz CT molecular complexity index is 1760. The molecule has 1 fully saturated rings. The Balaban J connectivity index is 1.33. The zero-order valence-electron chi connectivity index (χ0n) is 29.4. The Labute approximate surface area is 301 Å². The van der Waals surface area contributed by atoms with E-state index < -0.39 is 53.1 Å². The molecule has 278 valence electrons. The molecule has 1 saturated heterocycles. The average Bonchev–Trinajstić information content (AvgIpc) is 3.59. The van der Waals surface area contributed by atoms with Gasteiger partial charge in [-0.25, -0.2) is 18.2 Å². The molecule has 0 spiro atoms. The lowest BCUT2D eigenvalue weighted by Crippen LogP contribution is -2.56. The molecule has 1 aromatic heterocycles. The van der Waals surface area contributed by atoms with Gasteiger partial charge < -0.3 is 30.4 Å². The van der Waals surface area contributed by atoms with Crippen LogP contribution < -0.4 is 16.4 Å². The van der Waals surface area contributed by atoms with E-state index in [-0.39, 0.29) is 30.0 Å². The molecule has 2 amide bonds. The lowest BCUT2D eigenvalue weighted by molar-refractivity contribution is -0.130. The van der Waals surface area contributed by atoms with E-state index in [1.165, 1.54) is 63.8 Å². The number of allylic oxidation sites excluding steroid dienone is 3. The van der Waals surface area contributed by atoms with E-state index >= 15 is 0 Å². The molecule has 0 bridgehead atoms. The molecule has 2 aromatic carbocycles. The number of nitrogens with zero attached hydrogens (tertiary/aromatic N) is 3. The number of imidazole rings is 1. The van der Waals surface area contributed by atoms with Crippen molar-refractivity contribution in [2.75, 3.05) is 38.7 Å². The summed E-state index contributed by atoms with van der Waals surface area (Å²) < 4.78 is 55.6. The second kappa shape index (κ2) is 17.3. The first-order valence-corrected chi connectivity index (χ1v) is 17.2. The number of aromatic nitrogens is 2. The van der Waals surface area contributed by atoms with Crippen LogP contribution >= 0.6 is 0 Å². The Kier molecular flexibility index (Phi) is 12.8. The minimum atomic E-state index is -1.26. The van der Waals surface area contributed by atoms with Gasteiger partial charge in [0.05, 0.1) is 31.1 Å². The first-order valence-electron chi connectivity index (χ1n) is 17.2. The van der Waals surface area contributed by atoms with E-state index in [9.17, 15) is 27.6 Å². The van der Waals surface area contributed by atoms with Gasteiger partial charge in [-0.3, -0.25) is 19.3 Å². The third kappa shape index (κ3) is 9.82. The number of benzene rings is 2. The number of ether oxygens (including phenoxy) is 2. The van der Waals surface area contributed by atoms with Gasteiger partial charge in [0.15, 0.2) is 23.2 Å². The maximum Gasteiger partial charge on any atom is 0.250 e. The average molecular weight is 723 g/mol. The van der Waals surface area contributed by atoms with Gasteiger partial charge in [-0.05, 0) is 75.1 Å². The number of amides is 2. The number of likely N-dealkylation sites (tertiary alicyclic amines) is 1. The fraction of sp³-hybridized carbons (Fsp3) is 0.421. The van der Waals surface area contributed by atoms with Gasteiger partial charge >= 0.3 is 0 Å². The molecule has 0 radical (unpaired) electrons. The number of piperidine rings is 1. The lowest BCUT2D eigenvalue weighted by Gasteiger charge is -2.40. The highest BCUT2D eigenvalue weighted by Crippen LogP contribution is 2.32. The topological polar surface area (TPSA) is 141 Å². The number of hydrogen-bond donors (Lipinski definition) is 3. The van der Waals surface area contributed by atoms with Gasteiger partial charge in [-0.15, -0.1) is 0 Å². The van der Waals surface area contributed by atoms with Crippen molar-refractivity contribution in [1.29, 1.82) is 0 Å². The predicted molar refractivity (Wildman–Crippen MR) is 189 cm³/mol. The van der Waals surface area contributed by atoms with Gasteiger partial charge in [0.1, 0.15) is 18.1 Å².